The molecule has 2 heterocycles. The molecule has 1 fully saturated rings. The number of ether oxygens (including phenoxy) is 1. The molecule has 34 heavy (non-hydrogen) atoms. The lowest BCUT2D eigenvalue weighted by atomic mass is 9.76. The predicted octanol–water partition coefficient (Wildman–Crippen LogP) is 6.46. The first kappa shape index (κ1) is 25.6. The van der Waals surface area contributed by atoms with E-state index >= 15 is 0 Å². The molecule has 1 unspecified atom stereocenters. The van der Waals surface area contributed by atoms with Crippen LogP contribution in [0.25, 0.3) is 0 Å². The molecule has 1 saturated heterocycles. The maximum absolute atomic E-state index is 12.7. The first-order chi connectivity index (χ1) is 16.4. The molecule has 182 valence electrons. The number of aromatic nitrogens is 1. The van der Waals surface area contributed by atoms with Gasteiger partial charge in [-0.1, -0.05) is 27.5 Å². The van der Waals surface area contributed by atoms with Crippen LogP contribution >= 0.6 is 43.5 Å². The van der Waals surface area contributed by atoms with Crippen molar-refractivity contribution in [2.75, 3.05) is 20.2 Å². The van der Waals surface area contributed by atoms with Crippen LogP contribution in [-0.2, 0) is 27.2 Å². The van der Waals surface area contributed by atoms with Gasteiger partial charge < -0.3 is 9.64 Å². The number of benzene rings is 1. The number of esters is 1. The second-order valence-corrected chi connectivity index (χ2v) is 11.3. The minimum Gasteiger partial charge on any atom is -0.469 e. The minimum absolute atomic E-state index is 0.171. The fourth-order valence-corrected chi connectivity index (χ4v) is 6.82. The zero-order chi connectivity index (χ0) is 24.2. The van der Waals surface area contributed by atoms with Gasteiger partial charge in [-0.05, 0) is 95.3 Å². The lowest BCUT2D eigenvalue weighted by Gasteiger charge is -2.37. The molecular formula is C26H29Br2ClN2O3. The maximum Gasteiger partial charge on any atom is 0.305 e. The summed E-state index contributed by atoms with van der Waals surface area (Å²) in [4.78, 5) is 30.9. The number of rotatable bonds is 6. The number of hydrogen-bond acceptors (Lipinski definition) is 4. The molecule has 0 radical (unpaired) electrons. The van der Waals surface area contributed by atoms with Crippen LogP contribution in [0.15, 0.2) is 33.3 Å². The number of unbranched alkanes of at least 4 members (excludes halogenated alkanes) is 1. The fourth-order valence-electron chi connectivity index (χ4n) is 5.32. The zero-order valence-electron chi connectivity index (χ0n) is 19.3. The lowest BCUT2D eigenvalue weighted by Crippen LogP contribution is -2.40. The number of carbonyl (C=O) groups is 2. The molecule has 1 aliphatic carbocycles. The number of pyridine rings is 1. The number of methoxy groups -OCH3 is 1. The highest BCUT2D eigenvalue weighted by Crippen LogP contribution is 2.46. The predicted molar refractivity (Wildman–Crippen MR) is 140 cm³/mol. The van der Waals surface area contributed by atoms with Gasteiger partial charge in [0, 0.05) is 52.0 Å². The number of hydrogen-bond donors (Lipinski definition) is 0. The number of fused-ring (bicyclic) bond motifs is 2. The van der Waals surface area contributed by atoms with Gasteiger partial charge in [0.1, 0.15) is 0 Å². The number of nitrogens with zero attached hydrogens (tertiary/aromatic N) is 2. The summed E-state index contributed by atoms with van der Waals surface area (Å²) >= 11 is 13.8. The smallest absolute Gasteiger partial charge is 0.305 e. The summed E-state index contributed by atoms with van der Waals surface area (Å²) in [6, 6.07) is 6.29. The van der Waals surface area contributed by atoms with Crippen molar-refractivity contribution in [2.45, 2.75) is 57.3 Å². The number of aryl methyl sites for hydroxylation is 2. The molecule has 0 N–H and O–H groups in total. The molecule has 1 aliphatic heterocycles. The minimum atomic E-state index is -0.217. The van der Waals surface area contributed by atoms with E-state index in [-0.39, 0.29) is 17.8 Å². The molecule has 4 rings (SSSR count). The standard InChI is InChI=1S/C26H29Br2ClN2O3/c1-34-23(33)5-3-2-4-22(32)31-10-8-16(9-11-31)25-24-17(13-20(29)14-21(24)28)6-7-18-12-19(27)15-30-26(18)25/h12-16,25H,2-11H2,1H3. The number of halogens is 3. The van der Waals surface area contributed by atoms with Crippen molar-refractivity contribution < 1.29 is 14.3 Å². The average Bonchev–Trinajstić information content (AvgIpc) is 2.98. The summed E-state index contributed by atoms with van der Waals surface area (Å²) in [6.45, 7) is 1.51. The van der Waals surface area contributed by atoms with Crippen LogP contribution in [0.4, 0.5) is 0 Å². The first-order valence-corrected chi connectivity index (χ1v) is 13.8. The molecule has 8 heteroatoms. The molecule has 5 nitrogen and oxygen atoms in total. The topological polar surface area (TPSA) is 59.5 Å². The van der Waals surface area contributed by atoms with Crippen LogP contribution < -0.4 is 0 Å². The van der Waals surface area contributed by atoms with Crippen molar-refractivity contribution in [3.8, 4) is 0 Å². The van der Waals surface area contributed by atoms with Gasteiger partial charge in [-0.2, -0.15) is 0 Å². The van der Waals surface area contributed by atoms with E-state index in [1.165, 1.54) is 23.8 Å². The Balaban J connectivity index is 1.49. The number of carbonyl (C=O) groups excluding carboxylic acids is 2. The second-order valence-electron chi connectivity index (χ2n) is 9.14. The molecule has 0 saturated carbocycles. The summed E-state index contributed by atoms with van der Waals surface area (Å²) < 4.78 is 6.71. The van der Waals surface area contributed by atoms with Crippen molar-refractivity contribution in [3.05, 3.63) is 60.7 Å². The molecule has 2 aliphatic rings. The SMILES string of the molecule is COC(=O)CCCCC(=O)N1CCC(C2c3ncc(Br)cc3CCc3cc(Cl)cc(Br)c32)CC1. The Labute approximate surface area is 222 Å². The average molecular weight is 613 g/mol. The number of likely N-dealkylation sites (tertiary alicyclic amines) is 1. The van der Waals surface area contributed by atoms with E-state index in [2.05, 4.69) is 48.7 Å². The summed E-state index contributed by atoms with van der Waals surface area (Å²) in [6.07, 6.45) is 7.87. The Morgan fingerprint density at radius 2 is 1.79 bits per heavy atom. The van der Waals surface area contributed by atoms with Crippen LogP contribution in [-0.4, -0.2) is 42.0 Å². The Hall–Kier alpha value is -1.44. The quantitative estimate of drug-likeness (QED) is 0.278. The Kier molecular flexibility index (Phi) is 8.70. The third kappa shape index (κ3) is 5.85. The summed E-state index contributed by atoms with van der Waals surface area (Å²) in [5.74, 6) is 0.528. The third-order valence-corrected chi connectivity index (χ3v) is 8.34. The highest BCUT2D eigenvalue weighted by Gasteiger charge is 2.36. The third-order valence-electron chi connectivity index (χ3n) is 7.03. The Bertz CT molecular complexity index is 1070. The van der Waals surface area contributed by atoms with Gasteiger partial charge in [-0.25, -0.2) is 0 Å². The zero-order valence-corrected chi connectivity index (χ0v) is 23.2. The van der Waals surface area contributed by atoms with Crippen LogP contribution in [0.1, 0.15) is 66.8 Å². The summed E-state index contributed by atoms with van der Waals surface area (Å²) in [5.41, 5.74) is 5.01. The largest absolute Gasteiger partial charge is 0.469 e. The maximum atomic E-state index is 12.7. The van der Waals surface area contributed by atoms with Crippen molar-refractivity contribution in [1.29, 1.82) is 0 Å². The van der Waals surface area contributed by atoms with Crippen molar-refractivity contribution >= 4 is 55.3 Å². The fraction of sp³-hybridized carbons (Fsp3) is 0.500. The van der Waals surface area contributed by atoms with Crippen LogP contribution in [0, 0.1) is 5.92 Å². The molecular weight excluding hydrogens is 584 g/mol. The van der Waals surface area contributed by atoms with E-state index in [1.54, 1.807) is 0 Å². The Morgan fingerprint density at radius 3 is 2.53 bits per heavy atom. The molecule has 1 atom stereocenters. The second kappa shape index (κ2) is 11.5. The number of piperidine rings is 1. The van der Waals surface area contributed by atoms with E-state index in [0.717, 1.165) is 58.4 Å². The van der Waals surface area contributed by atoms with Crippen LogP contribution in [0.2, 0.25) is 5.02 Å². The summed E-state index contributed by atoms with van der Waals surface area (Å²) in [7, 11) is 1.39. The highest BCUT2D eigenvalue weighted by molar-refractivity contribution is 9.10. The van der Waals surface area contributed by atoms with Crippen molar-refractivity contribution in [3.63, 3.8) is 0 Å². The van der Waals surface area contributed by atoms with E-state index in [9.17, 15) is 9.59 Å². The summed E-state index contributed by atoms with van der Waals surface area (Å²) in [5, 5.41) is 0.747. The lowest BCUT2D eigenvalue weighted by molar-refractivity contribution is -0.141. The molecule has 2 aromatic rings. The van der Waals surface area contributed by atoms with E-state index in [4.69, 9.17) is 16.6 Å². The molecule has 1 aromatic heterocycles. The van der Waals surface area contributed by atoms with Gasteiger partial charge in [0.05, 0.1) is 12.8 Å². The van der Waals surface area contributed by atoms with Gasteiger partial charge in [-0.3, -0.25) is 14.6 Å². The van der Waals surface area contributed by atoms with Crippen molar-refractivity contribution in [1.82, 2.24) is 9.88 Å². The highest BCUT2D eigenvalue weighted by atomic mass is 79.9. The van der Waals surface area contributed by atoms with Gasteiger partial charge in [0.15, 0.2) is 0 Å². The molecule has 1 amide bonds. The first-order valence-electron chi connectivity index (χ1n) is 11.8. The van der Waals surface area contributed by atoms with Crippen LogP contribution in [0.5, 0.6) is 0 Å². The van der Waals surface area contributed by atoms with E-state index < -0.39 is 0 Å². The van der Waals surface area contributed by atoms with Gasteiger partial charge in [0.2, 0.25) is 5.91 Å². The van der Waals surface area contributed by atoms with Gasteiger partial charge in [0.25, 0.3) is 0 Å². The van der Waals surface area contributed by atoms with E-state index in [0.29, 0.717) is 31.6 Å². The van der Waals surface area contributed by atoms with Gasteiger partial charge in [-0.15, -0.1) is 0 Å². The van der Waals surface area contributed by atoms with E-state index in [1.807, 2.05) is 17.2 Å². The Morgan fingerprint density at radius 1 is 1.09 bits per heavy atom. The van der Waals surface area contributed by atoms with Gasteiger partial charge >= 0.3 is 5.97 Å². The number of amides is 1. The molecule has 1 aromatic carbocycles. The molecule has 0 bridgehead atoms. The monoisotopic (exact) mass is 610 g/mol. The normalized spacial score (nSPS) is 18.1. The van der Waals surface area contributed by atoms with Crippen LogP contribution in [0.3, 0.4) is 0 Å². The molecule has 0 spiro atoms. The van der Waals surface area contributed by atoms with Crippen molar-refractivity contribution in [2.24, 2.45) is 5.92 Å².